The molecule has 0 atom stereocenters. The Morgan fingerprint density at radius 1 is 1.33 bits per heavy atom. The van der Waals surface area contributed by atoms with Crippen LogP contribution in [0.15, 0.2) is 45.1 Å². The molecule has 18 heavy (non-hydrogen) atoms. The third kappa shape index (κ3) is 2.97. The number of furan rings is 1. The second-order valence-electron chi connectivity index (χ2n) is 4.32. The van der Waals surface area contributed by atoms with Crippen molar-refractivity contribution in [3.8, 4) is 0 Å². The number of hydrazone groups is 1. The zero-order valence-corrected chi connectivity index (χ0v) is 10.6. The van der Waals surface area contributed by atoms with Crippen molar-refractivity contribution in [2.45, 2.75) is 12.8 Å². The maximum atomic E-state index is 12.1. The van der Waals surface area contributed by atoms with Crippen LogP contribution in [-0.4, -0.2) is 31.1 Å². The number of hydrogen-bond donors (Lipinski definition) is 0. The first-order valence-corrected chi connectivity index (χ1v) is 5.86. The maximum Gasteiger partial charge on any atom is 0.185 e. The van der Waals surface area contributed by atoms with Crippen LogP contribution in [0.2, 0.25) is 0 Å². The van der Waals surface area contributed by atoms with Crippen molar-refractivity contribution in [3.63, 3.8) is 0 Å². The van der Waals surface area contributed by atoms with E-state index in [-0.39, 0.29) is 5.78 Å². The highest BCUT2D eigenvalue weighted by Crippen LogP contribution is 2.27. The van der Waals surface area contributed by atoms with Gasteiger partial charge in [-0.3, -0.25) is 4.79 Å². The molecule has 1 aromatic heterocycles. The number of carbonyl (C=O) groups is 1. The minimum Gasteiger partial charge on any atom is -0.465 e. The normalized spacial score (nSPS) is 20.4. The summed E-state index contributed by atoms with van der Waals surface area (Å²) in [4.78, 5) is 12.1. The molecule has 2 rings (SSSR count). The van der Waals surface area contributed by atoms with Gasteiger partial charge in [0.25, 0.3) is 0 Å². The quantitative estimate of drug-likeness (QED) is 0.466. The summed E-state index contributed by atoms with van der Waals surface area (Å²) in [5.74, 6) is 0.818. The molecule has 0 aromatic carbocycles. The number of ketones is 1. The zero-order chi connectivity index (χ0) is 13.0. The fraction of sp³-hybridized carbons (Fsp3) is 0.286. The van der Waals surface area contributed by atoms with E-state index in [4.69, 9.17) is 4.42 Å². The Morgan fingerprint density at radius 2 is 2.11 bits per heavy atom. The van der Waals surface area contributed by atoms with Crippen LogP contribution in [-0.2, 0) is 4.79 Å². The van der Waals surface area contributed by atoms with Gasteiger partial charge in [-0.25, -0.2) is 0 Å². The van der Waals surface area contributed by atoms with Crippen molar-refractivity contribution in [2.24, 2.45) is 5.10 Å². The fourth-order valence-corrected chi connectivity index (χ4v) is 1.80. The van der Waals surface area contributed by atoms with E-state index in [1.807, 2.05) is 32.3 Å². The molecule has 4 nitrogen and oxygen atoms in total. The van der Waals surface area contributed by atoms with Crippen LogP contribution in [0.3, 0.4) is 0 Å². The number of allylic oxidation sites excluding steroid dienone is 3. The Balaban J connectivity index is 2.10. The average Bonchev–Trinajstić information content (AvgIpc) is 2.93. The Kier molecular flexibility index (Phi) is 3.77. The highest BCUT2D eigenvalue weighted by atomic mass is 16.3. The molecule has 0 amide bonds. The molecule has 0 unspecified atom stereocenters. The summed E-state index contributed by atoms with van der Waals surface area (Å²) < 4.78 is 5.21. The molecule has 0 bridgehead atoms. The summed E-state index contributed by atoms with van der Waals surface area (Å²) in [7, 11) is 3.68. The number of carbonyl (C=O) groups excluding carboxylic acids is 1. The van der Waals surface area contributed by atoms with Crippen LogP contribution in [0.4, 0.5) is 0 Å². The highest BCUT2D eigenvalue weighted by molar-refractivity contribution is 6.14. The smallest absolute Gasteiger partial charge is 0.185 e. The van der Waals surface area contributed by atoms with Crippen LogP contribution in [0.25, 0.3) is 6.08 Å². The fourth-order valence-electron chi connectivity index (χ4n) is 1.80. The van der Waals surface area contributed by atoms with Crippen LogP contribution in [0.5, 0.6) is 0 Å². The Bertz CT molecular complexity index is 508. The van der Waals surface area contributed by atoms with E-state index in [2.05, 4.69) is 5.10 Å². The summed E-state index contributed by atoms with van der Waals surface area (Å²) in [5, 5.41) is 5.76. The molecule has 94 valence electrons. The van der Waals surface area contributed by atoms with E-state index < -0.39 is 0 Å². The molecule has 0 aliphatic heterocycles. The summed E-state index contributed by atoms with van der Waals surface area (Å²) in [6.45, 7) is 0. The van der Waals surface area contributed by atoms with Gasteiger partial charge in [0.2, 0.25) is 0 Å². The molecule has 0 saturated heterocycles. The summed E-state index contributed by atoms with van der Waals surface area (Å²) in [6.07, 6.45) is 8.39. The van der Waals surface area contributed by atoms with Gasteiger partial charge in [0.05, 0.1) is 6.26 Å². The molecule has 4 heteroatoms. The van der Waals surface area contributed by atoms with E-state index in [0.717, 1.165) is 29.7 Å². The number of Topliss-reactive ketones (excluding diaryl/α,β-unsaturated/α-hetero) is 1. The first-order chi connectivity index (χ1) is 8.66. The predicted octanol–water partition coefficient (Wildman–Crippen LogP) is 2.50. The topological polar surface area (TPSA) is 45.8 Å². The Labute approximate surface area is 106 Å². The van der Waals surface area contributed by atoms with Crippen molar-refractivity contribution >= 4 is 18.1 Å². The van der Waals surface area contributed by atoms with Gasteiger partial charge in [-0.1, -0.05) is 0 Å². The SMILES string of the molecule is CN(C)/N=C/C=C1/CC/C(=C/c2ccco2)C1=O. The van der Waals surface area contributed by atoms with E-state index in [1.165, 1.54) is 0 Å². The Hall–Kier alpha value is -2.10. The van der Waals surface area contributed by atoms with Gasteiger partial charge in [0.1, 0.15) is 5.76 Å². The molecular weight excluding hydrogens is 228 g/mol. The summed E-state index contributed by atoms with van der Waals surface area (Å²) in [6, 6.07) is 3.65. The van der Waals surface area contributed by atoms with Gasteiger partial charge in [0.15, 0.2) is 5.78 Å². The molecule has 1 aliphatic rings. The third-order valence-corrected chi connectivity index (χ3v) is 2.68. The molecule has 1 aromatic rings. The number of rotatable bonds is 3. The maximum absolute atomic E-state index is 12.1. The van der Waals surface area contributed by atoms with Crippen LogP contribution < -0.4 is 0 Å². The lowest BCUT2D eigenvalue weighted by atomic mass is 10.1. The van der Waals surface area contributed by atoms with Gasteiger partial charge in [0, 0.05) is 31.5 Å². The first-order valence-electron chi connectivity index (χ1n) is 5.86. The minimum absolute atomic E-state index is 0.0941. The van der Waals surface area contributed by atoms with Crippen molar-refractivity contribution in [1.29, 1.82) is 0 Å². The lowest BCUT2D eigenvalue weighted by Gasteiger charge is -2.00. The molecule has 1 aliphatic carbocycles. The van der Waals surface area contributed by atoms with Crippen molar-refractivity contribution in [3.05, 3.63) is 41.4 Å². The zero-order valence-electron chi connectivity index (χ0n) is 10.6. The van der Waals surface area contributed by atoms with Crippen molar-refractivity contribution < 1.29 is 9.21 Å². The van der Waals surface area contributed by atoms with Crippen molar-refractivity contribution in [2.75, 3.05) is 14.1 Å². The lowest BCUT2D eigenvalue weighted by Crippen LogP contribution is -2.01. The van der Waals surface area contributed by atoms with Crippen molar-refractivity contribution in [1.82, 2.24) is 5.01 Å². The summed E-state index contributed by atoms with van der Waals surface area (Å²) in [5.41, 5.74) is 1.60. The number of hydrogen-bond acceptors (Lipinski definition) is 4. The van der Waals surface area contributed by atoms with Gasteiger partial charge in [-0.2, -0.15) is 5.10 Å². The Morgan fingerprint density at radius 3 is 2.78 bits per heavy atom. The summed E-state index contributed by atoms with van der Waals surface area (Å²) >= 11 is 0. The van der Waals surface area contributed by atoms with E-state index >= 15 is 0 Å². The lowest BCUT2D eigenvalue weighted by molar-refractivity contribution is -0.111. The molecule has 0 radical (unpaired) electrons. The minimum atomic E-state index is 0.0941. The first kappa shape index (κ1) is 12.4. The van der Waals surface area contributed by atoms with E-state index in [9.17, 15) is 4.79 Å². The van der Waals surface area contributed by atoms with Gasteiger partial charge in [-0.05, 0) is 37.1 Å². The average molecular weight is 244 g/mol. The van der Waals surface area contributed by atoms with E-state index in [0.29, 0.717) is 0 Å². The monoisotopic (exact) mass is 244 g/mol. The molecule has 1 fully saturated rings. The van der Waals surface area contributed by atoms with Gasteiger partial charge >= 0.3 is 0 Å². The molecule has 0 N–H and O–H groups in total. The van der Waals surface area contributed by atoms with E-state index in [1.54, 1.807) is 23.6 Å². The van der Waals surface area contributed by atoms with Gasteiger partial charge in [-0.15, -0.1) is 0 Å². The number of nitrogens with zero attached hydrogens (tertiary/aromatic N) is 2. The predicted molar refractivity (Wildman–Crippen MR) is 71.2 cm³/mol. The highest BCUT2D eigenvalue weighted by Gasteiger charge is 2.22. The second-order valence-corrected chi connectivity index (χ2v) is 4.32. The molecule has 0 spiro atoms. The standard InChI is InChI=1S/C14H16N2O2/c1-16(2)15-8-7-11-5-6-12(14(11)17)10-13-4-3-9-18-13/h3-4,7-10H,5-6H2,1-2H3/b11-7-,12-10-,15-8+. The molecule has 1 saturated carbocycles. The van der Waals surface area contributed by atoms with Gasteiger partial charge < -0.3 is 9.43 Å². The molecular formula is C14H16N2O2. The largest absolute Gasteiger partial charge is 0.465 e. The van der Waals surface area contributed by atoms with Crippen LogP contribution in [0, 0.1) is 0 Å². The molecule has 1 heterocycles. The third-order valence-electron chi connectivity index (χ3n) is 2.68. The second kappa shape index (κ2) is 5.49. The van der Waals surface area contributed by atoms with Crippen LogP contribution in [0.1, 0.15) is 18.6 Å². The van der Waals surface area contributed by atoms with Crippen LogP contribution >= 0.6 is 0 Å².